The van der Waals surface area contributed by atoms with E-state index in [2.05, 4.69) is 40.4 Å². The third-order valence-corrected chi connectivity index (χ3v) is 5.15. The summed E-state index contributed by atoms with van der Waals surface area (Å²) in [5.74, 6) is 2.65. The molecule has 0 aromatic carbocycles. The zero-order valence-electron chi connectivity index (χ0n) is 12.0. The first-order valence-corrected chi connectivity index (χ1v) is 10.5. The highest BCUT2D eigenvalue weighted by molar-refractivity contribution is 6.69. The van der Waals surface area contributed by atoms with E-state index in [9.17, 15) is 0 Å². The van der Waals surface area contributed by atoms with Crippen molar-refractivity contribution in [3.8, 4) is 0 Å². The standard InChI is InChI=1S/C14H30OSi/c1-7-11-10-14(15-16(4,5)6)13(9-3)12(11)8-2/h11-14H,7-10H2,1-6H3. The van der Waals surface area contributed by atoms with E-state index in [0.29, 0.717) is 6.10 Å². The topological polar surface area (TPSA) is 9.23 Å². The van der Waals surface area contributed by atoms with E-state index in [0.717, 1.165) is 17.8 Å². The van der Waals surface area contributed by atoms with Crippen LogP contribution in [0.3, 0.4) is 0 Å². The smallest absolute Gasteiger partial charge is 0.184 e. The monoisotopic (exact) mass is 242 g/mol. The van der Waals surface area contributed by atoms with Crippen molar-refractivity contribution in [2.24, 2.45) is 17.8 Å². The molecule has 0 aromatic rings. The summed E-state index contributed by atoms with van der Waals surface area (Å²) in [6.07, 6.45) is 5.84. The SMILES string of the molecule is CCC1CC(O[Si](C)(C)C)C(CC)C1CC. The summed E-state index contributed by atoms with van der Waals surface area (Å²) in [5.41, 5.74) is 0. The molecule has 4 unspecified atom stereocenters. The van der Waals surface area contributed by atoms with Crippen LogP contribution in [-0.4, -0.2) is 14.4 Å². The maximum Gasteiger partial charge on any atom is 0.184 e. The average Bonchev–Trinajstić information content (AvgIpc) is 2.52. The van der Waals surface area contributed by atoms with Gasteiger partial charge in [0.25, 0.3) is 0 Å². The summed E-state index contributed by atoms with van der Waals surface area (Å²) in [6.45, 7) is 14.0. The van der Waals surface area contributed by atoms with Crippen molar-refractivity contribution in [2.75, 3.05) is 0 Å². The second kappa shape index (κ2) is 5.68. The van der Waals surface area contributed by atoms with E-state index in [1.54, 1.807) is 0 Å². The molecule has 96 valence electrons. The largest absolute Gasteiger partial charge is 0.414 e. The fraction of sp³-hybridized carbons (Fsp3) is 1.00. The summed E-state index contributed by atoms with van der Waals surface area (Å²) in [4.78, 5) is 0. The molecule has 0 aromatic heterocycles. The molecular formula is C14H30OSi. The second-order valence-corrected chi connectivity index (χ2v) is 10.8. The minimum absolute atomic E-state index is 0.562. The van der Waals surface area contributed by atoms with Crippen LogP contribution in [0.1, 0.15) is 46.5 Å². The molecule has 1 saturated carbocycles. The summed E-state index contributed by atoms with van der Waals surface area (Å²) >= 11 is 0. The van der Waals surface area contributed by atoms with Gasteiger partial charge in [0.05, 0.1) is 0 Å². The van der Waals surface area contributed by atoms with Gasteiger partial charge in [-0.15, -0.1) is 0 Å². The van der Waals surface area contributed by atoms with Crippen LogP contribution in [0.5, 0.6) is 0 Å². The van der Waals surface area contributed by atoms with Crippen LogP contribution in [-0.2, 0) is 4.43 Å². The van der Waals surface area contributed by atoms with Crippen molar-refractivity contribution in [3.63, 3.8) is 0 Å². The van der Waals surface area contributed by atoms with Crippen LogP contribution in [0, 0.1) is 17.8 Å². The highest BCUT2D eigenvalue weighted by Gasteiger charge is 2.42. The van der Waals surface area contributed by atoms with E-state index < -0.39 is 8.32 Å². The lowest BCUT2D eigenvalue weighted by atomic mass is 9.84. The Hall–Kier alpha value is 0.177. The Balaban J connectivity index is 2.71. The average molecular weight is 242 g/mol. The van der Waals surface area contributed by atoms with Gasteiger partial charge in [-0.05, 0) is 43.8 Å². The van der Waals surface area contributed by atoms with Crippen LogP contribution in [0.4, 0.5) is 0 Å². The van der Waals surface area contributed by atoms with Crippen LogP contribution in [0.2, 0.25) is 19.6 Å². The molecule has 1 aliphatic rings. The van der Waals surface area contributed by atoms with Crippen LogP contribution < -0.4 is 0 Å². The predicted molar refractivity (Wildman–Crippen MR) is 74.2 cm³/mol. The van der Waals surface area contributed by atoms with Gasteiger partial charge in [0, 0.05) is 6.10 Å². The highest BCUT2D eigenvalue weighted by Crippen LogP contribution is 2.44. The predicted octanol–water partition coefficient (Wildman–Crippen LogP) is 4.69. The number of hydrogen-bond donors (Lipinski definition) is 0. The first kappa shape index (κ1) is 14.2. The van der Waals surface area contributed by atoms with Gasteiger partial charge in [0.1, 0.15) is 0 Å². The Bertz CT molecular complexity index is 209. The summed E-state index contributed by atoms with van der Waals surface area (Å²) in [6, 6.07) is 0. The van der Waals surface area contributed by atoms with E-state index in [1.807, 2.05) is 0 Å². The fourth-order valence-electron chi connectivity index (χ4n) is 3.53. The first-order valence-electron chi connectivity index (χ1n) is 7.10. The Kier molecular flexibility index (Phi) is 5.05. The molecule has 0 bridgehead atoms. The maximum atomic E-state index is 6.41. The van der Waals surface area contributed by atoms with Crippen molar-refractivity contribution in [1.82, 2.24) is 0 Å². The molecule has 1 fully saturated rings. The Labute approximate surface area is 103 Å². The van der Waals surface area contributed by atoms with Crippen LogP contribution in [0.15, 0.2) is 0 Å². The lowest BCUT2D eigenvalue weighted by Gasteiger charge is -2.29. The molecule has 0 saturated heterocycles. The molecule has 1 nitrogen and oxygen atoms in total. The molecule has 0 N–H and O–H groups in total. The Morgan fingerprint density at radius 1 is 0.938 bits per heavy atom. The lowest BCUT2D eigenvalue weighted by Crippen LogP contribution is -2.34. The van der Waals surface area contributed by atoms with Crippen LogP contribution in [0.25, 0.3) is 0 Å². The first-order chi connectivity index (χ1) is 7.42. The Morgan fingerprint density at radius 2 is 1.50 bits per heavy atom. The highest BCUT2D eigenvalue weighted by atomic mass is 28.4. The summed E-state index contributed by atoms with van der Waals surface area (Å²) in [7, 11) is -1.37. The van der Waals surface area contributed by atoms with Crippen molar-refractivity contribution in [1.29, 1.82) is 0 Å². The zero-order chi connectivity index (χ0) is 12.3. The zero-order valence-corrected chi connectivity index (χ0v) is 13.0. The number of rotatable bonds is 5. The van der Waals surface area contributed by atoms with Gasteiger partial charge in [-0.25, -0.2) is 0 Å². The molecule has 0 radical (unpaired) electrons. The molecule has 16 heavy (non-hydrogen) atoms. The van der Waals surface area contributed by atoms with Crippen LogP contribution >= 0.6 is 0 Å². The van der Waals surface area contributed by atoms with Gasteiger partial charge in [-0.3, -0.25) is 0 Å². The molecule has 1 aliphatic carbocycles. The van der Waals surface area contributed by atoms with E-state index >= 15 is 0 Å². The van der Waals surface area contributed by atoms with E-state index in [1.165, 1.54) is 25.7 Å². The lowest BCUT2D eigenvalue weighted by molar-refractivity contribution is 0.131. The molecule has 0 aliphatic heterocycles. The van der Waals surface area contributed by atoms with Gasteiger partial charge in [0.15, 0.2) is 8.32 Å². The molecule has 0 amide bonds. The molecular weight excluding hydrogens is 212 g/mol. The van der Waals surface area contributed by atoms with Gasteiger partial charge in [-0.2, -0.15) is 0 Å². The number of hydrogen-bond acceptors (Lipinski definition) is 1. The quantitative estimate of drug-likeness (QED) is 0.636. The molecule has 0 spiro atoms. The van der Waals surface area contributed by atoms with Gasteiger partial charge in [-0.1, -0.05) is 40.0 Å². The summed E-state index contributed by atoms with van der Waals surface area (Å²) < 4.78 is 6.41. The van der Waals surface area contributed by atoms with E-state index in [4.69, 9.17) is 4.43 Å². The van der Waals surface area contributed by atoms with Gasteiger partial charge >= 0.3 is 0 Å². The van der Waals surface area contributed by atoms with Crippen molar-refractivity contribution in [2.45, 2.75) is 72.2 Å². The molecule has 0 heterocycles. The summed E-state index contributed by atoms with van der Waals surface area (Å²) in [5, 5.41) is 0. The van der Waals surface area contributed by atoms with Crippen molar-refractivity contribution < 1.29 is 4.43 Å². The minimum Gasteiger partial charge on any atom is -0.414 e. The van der Waals surface area contributed by atoms with Crippen molar-refractivity contribution >= 4 is 8.32 Å². The van der Waals surface area contributed by atoms with Gasteiger partial charge in [0.2, 0.25) is 0 Å². The fourth-order valence-corrected chi connectivity index (χ4v) is 4.71. The second-order valence-electron chi connectivity index (χ2n) is 6.32. The molecule has 4 atom stereocenters. The van der Waals surface area contributed by atoms with E-state index in [-0.39, 0.29) is 0 Å². The van der Waals surface area contributed by atoms with Gasteiger partial charge < -0.3 is 4.43 Å². The maximum absolute atomic E-state index is 6.41. The Morgan fingerprint density at radius 3 is 1.88 bits per heavy atom. The third-order valence-electron chi connectivity index (χ3n) is 4.14. The van der Waals surface area contributed by atoms with Crippen molar-refractivity contribution in [3.05, 3.63) is 0 Å². The minimum atomic E-state index is -1.37. The molecule has 2 heteroatoms. The third kappa shape index (κ3) is 3.33. The normalized spacial score (nSPS) is 35.6. The molecule has 1 rings (SSSR count).